The number of fused-ring (bicyclic) bond motifs is 3. The van der Waals surface area contributed by atoms with Crippen LogP contribution in [0.5, 0.6) is 5.75 Å². The number of benzene rings is 12. The van der Waals surface area contributed by atoms with Crippen LogP contribution < -0.4 is 9.80 Å². The first kappa shape index (κ1) is 51.7. The van der Waals surface area contributed by atoms with Crippen LogP contribution in [0.25, 0.3) is 87.6 Å². The number of aryl methyl sites for hydroxylation is 3. The van der Waals surface area contributed by atoms with E-state index in [1.165, 1.54) is 123 Å². The van der Waals surface area contributed by atoms with Gasteiger partial charge in [-0.25, -0.2) is 0 Å². The Morgan fingerprint density at radius 2 is 0.905 bits per heavy atom. The first-order valence-corrected chi connectivity index (χ1v) is 30.9. The fraction of sp³-hybridized carbons (Fsp3) is 0.200. The number of phenolic OH excluding ortho intramolecular Hbond substituents is 1. The third kappa shape index (κ3) is 8.80. The van der Waals surface area contributed by atoms with Gasteiger partial charge in [-0.3, -0.25) is 0 Å². The van der Waals surface area contributed by atoms with E-state index in [4.69, 9.17) is 4.42 Å². The number of para-hydroxylation sites is 4. The van der Waals surface area contributed by atoms with Crippen molar-refractivity contribution in [2.75, 3.05) is 9.80 Å². The zero-order valence-electron chi connectivity index (χ0n) is 48.5. The predicted molar refractivity (Wildman–Crippen MR) is 355 cm³/mol. The molecule has 84 heavy (non-hydrogen) atoms. The molecule has 1 aromatic heterocycles. The molecular formula is C80H70N2O2. The maximum Gasteiger partial charge on any atom is 0.159 e. The summed E-state index contributed by atoms with van der Waals surface area (Å²) in [7, 11) is 0. The van der Waals surface area contributed by atoms with E-state index in [2.05, 4.69) is 249 Å². The summed E-state index contributed by atoms with van der Waals surface area (Å²) in [5.74, 6) is 1.06. The molecule has 2 fully saturated rings. The van der Waals surface area contributed by atoms with Crippen LogP contribution in [0, 0.1) is 13.8 Å². The Balaban J connectivity index is 1.01. The van der Waals surface area contributed by atoms with Crippen LogP contribution in [0.2, 0.25) is 0 Å². The van der Waals surface area contributed by atoms with Gasteiger partial charge in [-0.15, -0.1) is 0 Å². The minimum atomic E-state index is 0.255. The monoisotopic (exact) mass is 1090 g/mol. The van der Waals surface area contributed by atoms with E-state index < -0.39 is 0 Å². The van der Waals surface area contributed by atoms with E-state index in [0.29, 0.717) is 11.8 Å². The van der Waals surface area contributed by atoms with Crippen LogP contribution in [0.1, 0.15) is 111 Å². The number of aromatic hydroxyl groups is 1. The van der Waals surface area contributed by atoms with Crippen LogP contribution in [0.3, 0.4) is 0 Å². The van der Waals surface area contributed by atoms with Crippen LogP contribution in [0.15, 0.2) is 223 Å². The number of anilines is 6. The first-order valence-electron chi connectivity index (χ1n) is 30.9. The van der Waals surface area contributed by atoms with Crippen molar-refractivity contribution in [3.8, 4) is 39.1 Å². The van der Waals surface area contributed by atoms with Crippen molar-refractivity contribution in [1.82, 2.24) is 0 Å². The molecule has 12 aromatic carbocycles. The molecule has 0 radical (unpaired) electrons. The van der Waals surface area contributed by atoms with Crippen molar-refractivity contribution in [3.63, 3.8) is 0 Å². The summed E-state index contributed by atoms with van der Waals surface area (Å²) in [6, 6.07) is 80.4. The largest absolute Gasteiger partial charge is 0.505 e. The Labute approximate surface area is 493 Å². The van der Waals surface area contributed by atoms with Gasteiger partial charge in [-0.05, 0) is 184 Å². The molecule has 0 aliphatic heterocycles. The van der Waals surface area contributed by atoms with Crippen molar-refractivity contribution >= 4 is 88.4 Å². The van der Waals surface area contributed by atoms with Gasteiger partial charge in [0, 0.05) is 44.0 Å². The van der Waals surface area contributed by atoms with Gasteiger partial charge >= 0.3 is 0 Å². The van der Waals surface area contributed by atoms with E-state index >= 15 is 0 Å². The van der Waals surface area contributed by atoms with Gasteiger partial charge in [0.15, 0.2) is 5.58 Å². The highest BCUT2D eigenvalue weighted by molar-refractivity contribution is 6.30. The summed E-state index contributed by atoms with van der Waals surface area (Å²) in [5.41, 5.74) is 20.9. The fourth-order valence-corrected chi connectivity index (χ4v) is 15.0. The molecule has 4 nitrogen and oxygen atoms in total. The summed E-state index contributed by atoms with van der Waals surface area (Å²) in [5, 5.41) is 23.0. The maximum absolute atomic E-state index is 13.1. The van der Waals surface area contributed by atoms with E-state index in [9.17, 15) is 5.11 Å². The van der Waals surface area contributed by atoms with Gasteiger partial charge in [0.1, 0.15) is 11.3 Å². The molecule has 4 heteroatoms. The number of hydrogen-bond donors (Lipinski definition) is 1. The number of furan rings is 1. The Hall–Kier alpha value is -9.12. The van der Waals surface area contributed by atoms with E-state index in [1.807, 2.05) is 0 Å². The molecule has 2 aliphatic carbocycles. The minimum absolute atomic E-state index is 0.255. The maximum atomic E-state index is 13.1. The fourth-order valence-electron chi connectivity index (χ4n) is 15.0. The van der Waals surface area contributed by atoms with Gasteiger partial charge in [0.2, 0.25) is 0 Å². The lowest BCUT2D eigenvalue weighted by molar-refractivity contribution is 0.445. The molecule has 0 atom stereocenters. The average molecular weight is 1090 g/mol. The first-order chi connectivity index (χ1) is 41.4. The molecule has 0 saturated heterocycles. The molecule has 0 spiro atoms. The Kier molecular flexibility index (Phi) is 13.3. The Morgan fingerprint density at radius 1 is 0.393 bits per heavy atom. The van der Waals surface area contributed by atoms with Crippen molar-refractivity contribution < 1.29 is 9.52 Å². The molecule has 1 heterocycles. The summed E-state index contributed by atoms with van der Waals surface area (Å²) in [6.45, 7) is 6.61. The SMILES string of the molecule is CCc1ccccc1-c1cccc2c1oc1c(N(c3cccc(C)c3)c3cc(C4CCCCC4)c4ccc5c(N(c6ccccc6)c6cccc(-c7cccc(-c8ccccc8C)c7)c6O)cc(C6CCCCC6)c6ccc3c4c65)cccc12. The third-order valence-electron chi connectivity index (χ3n) is 19.1. The summed E-state index contributed by atoms with van der Waals surface area (Å²) >= 11 is 0. The van der Waals surface area contributed by atoms with Gasteiger partial charge in [0.25, 0.3) is 0 Å². The molecular weight excluding hydrogens is 1020 g/mol. The van der Waals surface area contributed by atoms with Crippen LogP contribution in [-0.2, 0) is 6.42 Å². The van der Waals surface area contributed by atoms with Gasteiger partial charge in [-0.1, -0.05) is 209 Å². The van der Waals surface area contributed by atoms with Crippen LogP contribution in [0.4, 0.5) is 34.1 Å². The molecule has 2 saturated carbocycles. The number of rotatable bonds is 12. The second-order valence-corrected chi connectivity index (χ2v) is 24.1. The molecule has 13 aromatic rings. The normalized spacial score (nSPS) is 14.4. The molecule has 2 aliphatic rings. The molecule has 0 bridgehead atoms. The van der Waals surface area contributed by atoms with Gasteiger partial charge < -0.3 is 19.3 Å². The van der Waals surface area contributed by atoms with Crippen molar-refractivity contribution in [2.45, 2.75) is 103 Å². The highest BCUT2D eigenvalue weighted by Gasteiger charge is 2.31. The second-order valence-electron chi connectivity index (χ2n) is 24.1. The lowest BCUT2D eigenvalue weighted by Crippen LogP contribution is -2.15. The standard InChI is InChI=1S/C80H70N2O2/c1-4-53-25-15-17-36-61(53)65-38-20-39-66-67-40-22-42-73(80(67)84-79(65)66)82(59-34-18-23-51(2)47-59)75-50-71(55-28-10-6-11-29-55)64-43-45-68-74(49-70(54-26-8-5-9-27-54)63-44-46-69(75)77(64)76(63)68)81(58-32-12-7-13-33-58)72-41-21-37-62(78(72)83)57-31-19-30-56(48-57)60-35-16-14-24-52(60)3/h7,12-25,30-50,54-55,83H,4-6,8-11,26-29H2,1-3H3. The number of hydrogen-bond acceptors (Lipinski definition) is 4. The highest BCUT2D eigenvalue weighted by Crippen LogP contribution is 2.55. The number of nitrogens with zero attached hydrogens (tertiary/aromatic N) is 2. The lowest BCUT2D eigenvalue weighted by Gasteiger charge is -2.33. The highest BCUT2D eigenvalue weighted by atomic mass is 16.3. The predicted octanol–water partition coefficient (Wildman–Crippen LogP) is 23.4. The van der Waals surface area contributed by atoms with Gasteiger partial charge in [-0.2, -0.15) is 0 Å². The average Bonchev–Trinajstić information content (AvgIpc) is 3.73. The molecule has 412 valence electrons. The molecule has 0 unspecified atom stereocenters. The lowest BCUT2D eigenvalue weighted by atomic mass is 9.77. The smallest absolute Gasteiger partial charge is 0.159 e. The quantitative estimate of drug-likeness (QED) is 0.124. The number of phenols is 1. The van der Waals surface area contributed by atoms with Crippen molar-refractivity contribution in [2.24, 2.45) is 0 Å². The molecule has 15 rings (SSSR count). The molecule has 0 amide bonds. The third-order valence-corrected chi connectivity index (χ3v) is 19.1. The Morgan fingerprint density at radius 3 is 1.57 bits per heavy atom. The van der Waals surface area contributed by atoms with Crippen molar-refractivity contribution in [1.29, 1.82) is 0 Å². The van der Waals surface area contributed by atoms with E-state index in [0.717, 1.165) is 97.6 Å². The van der Waals surface area contributed by atoms with Crippen molar-refractivity contribution in [3.05, 3.63) is 246 Å². The second kappa shape index (κ2) is 21.6. The zero-order valence-corrected chi connectivity index (χ0v) is 48.5. The summed E-state index contributed by atoms with van der Waals surface area (Å²) < 4.78 is 7.41. The van der Waals surface area contributed by atoms with Gasteiger partial charge in [0.05, 0.1) is 22.7 Å². The van der Waals surface area contributed by atoms with E-state index in [1.54, 1.807) is 0 Å². The summed E-state index contributed by atoms with van der Waals surface area (Å²) in [4.78, 5) is 4.89. The Bertz CT molecular complexity index is 4610. The minimum Gasteiger partial charge on any atom is -0.505 e. The topological polar surface area (TPSA) is 39.9 Å². The zero-order chi connectivity index (χ0) is 56.4. The van der Waals surface area contributed by atoms with E-state index in [-0.39, 0.29) is 5.75 Å². The van der Waals surface area contributed by atoms with Crippen LogP contribution in [-0.4, -0.2) is 5.11 Å². The van der Waals surface area contributed by atoms with Crippen LogP contribution >= 0.6 is 0 Å². The summed E-state index contributed by atoms with van der Waals surface area (Å²) in [6.07, 6.45) is 13.0. The molecule has 1 N–H and O–H groups in total.